The van der Waals surface area contributed by atoms with Gasteiger partial charge in [0.05, 0.1) is 11.0 Å². The van der Waals surface area contributed by atoms with Gasteiger partial charge in [-0.2, -0.15) is 0 Å². The van der Waals surface area contributed by atoms with Crippen LogP contribution < -0.4 is 5.32 Å². The molecule has 1 aliphatic heterocycles. The summed E-state index contributed by atoms with van der Waals surface area (Å²) in [5.74, 6) is 1.99. The van der Waals surface area contributed by atoms with Crippen LogP contribution in [0.4, 0.5) is 0 Å². The first kappa shape index (κ1) is 9.85. The predicted octanol–water partition coefficient (Wildman–Crippen LogP) is 1.95. The lowest BCUT2D eigenvalue weighted by molar-refractivity contribution is 0.312. The molecule has 84 valence electrons. The van der Waals surface area contributed by atoms with Crippen LogP contribution >= 0.6 is 0 Å². The second kappa shape index (κ2) is 3.91. The third-order valence-electron chi connectivity index (χ3n) is 3.47. The minimum absolute atomic E-state index is 0.862. The Balaban J connectivity index is 1.86. The molecule has 16 heavy (non-hydrogen) atoms. The molecule has 1 N–H and O–H groups in total. The largest absolute Gasteiger partial charge is 0.328 e. The van der Waals surface area contributed by atoms with Crippen molar-refractivity contribution in [2.24, 2.45) is 5.92 Å². The average Bonchev–Trinajstić information content (AvgIpc) is 2.53. The standard InChI is InChI=1S/C13H17N3/c1-10-15-12-4-2-3-5-13(12)16(10)7-6-11-8-14-9-11/h2-5,11,14H,6-9H2,1H3. The average molecular weight is 215 g/mol. The normalized spacial score (nSPS) is 16.6. The molecule has 0 radical (unpaired) electrons. The Morgan fingerprint density at radius 3 is 2.94 bits per heavy atom. The number of rotatable bonds is 3. The van der Waals surface area contributed by atoms with Gasteiger partial charge >= 0.3 is 0 Å². The Morgan fingerprint density at radius 1 is 1.38 bits per heavy atom. The van der Waals surface area contributed by atoms with Crippen molar-refractivity contribution >= 4 is 11.0 Å². The van der Waals surface area contributed by atoms with Crippen LogP contribution in [0.25, 0.3) is 11.0 Å². The summed E-state index contributed by atoms with van der Waals surface area (Å²) < 4.78 is 2.34. The van der Waals surface area contributed by atoms with Gasteiger partial charge < -0.3 is 9.88 Å². The van der Waals surface area contributed by atoms with Crippen molar-refractivity contribution in [2.75, 3.05) is 13.1 Å². The predicted molar refractivity (Wildman–Crippen MR) is 65.4 cm³/mol. The molecule has 3 rings (SSSR count). The molecule has 1 fully saturated rings. The summed E-state index contributed by atoms with van der Waals surface area (Å²) in [5.41, 5.74) is 2.39. The highest BCUT2D eigenvalue weighted by Gasteiger charge is 2.17. The molecule has 0 amide bonds. The maximum Gasteiger partial charge on any atom is 0.106 e. The van der Waals surface area contributed by atoms with E-state index in [9.17, 15) is 0 Å². The van der Waals surface area contributed by atoms with E-state index in [0.717, 1.165) is 23.8 Å². The second-order valence-electron chi connectivity index (χ2n) is 4.61. The maximum atomic E-state index is 4.58. The number of imidazole rings is 1. The first-order chi connectivity index (χ1) is 7.84. The molecule has 3 nitrogen and oxygen atoms in total. The van der Waals surface area contributed by atoms with Gasteiger partial charge in [0.25, 0.3) is 0 Å². The van der Waals surface area contributed by atoms with Gasteiger partial charge in [0.1, 0.15) is 5.82 Å². The van der Waals surface area contributed by atoms with E-state index in [1.54, 1.807) is 0 Å². The van der Waals surface area contributed by atoms with Crippen molar-refractivity contribution < 1.29 is 0 Å². The number of fused-ring (bicyclic) bond motifs is 1. The van der Waals surface area contributed by atoms with E-state index >= 15 is 0 Å². The first-order valence-electron chi connectivity index (χ1n) is 5.97. The van der Waals surface area contributed by atoms with Crippen molar-refractivity contribution in [3.63, 3.8) is 0 Å². The minimum atomic E-state index is 0.862. The van der Waals surface area contributed by atoms with E-state index in [2.05, 4.69) is 46.1 Å². The molecule has 0 spiro atoms. The van der Waals surface area contributed by atoms with Crippen LogP contribution in [-0.4, -0.2) is 22.6 Å². The van der Waals surface area contributed by atoms with E-state index in [1.807, 2.05) is 0 Å². The molecule has 1 aliphatic rings. The fourth-order valence-corrected chi connectivity index (χ4v) is 2.34. The molecular weight excluding hydrogens is 198 g/mol. The van der Waals surface area contributed by atoms with Crippen LogP contribution in [0.3, 0.4) is 0 Å². The molecular formula is C13H17N3. The zero-order valence-corrected chi connectivity index (χ0v) is 9.61. The number of nitrogens with zero attached hydrogens (tertiary/aromatic N) is 2. The van der Waals surface area contributed by atoms with Gasteiger partial charge in [0, 0.05) is 6.54 Å². The van der Waals surface area contributed by atoms with Gasteiger partial charge in [0.2, 0.25) is 0 Å². The first-order valence-corrected chi connectivity index (χ1v) is 5.97. The number of nitrogens with one attached hydrogen (secondary N) is 1. The van der Waals surface area contributed by atoms with Crippen LogP contribution in [-0.2, 0) is 6.54 Å². The lowest BCUT2D eigenvalue weighted by Crippen LogP contribution is -2.42. The summed E-state index contributed by atoms with van der Waals surface area (Å²) in [6.07, 6.45) is 1.26. The molecule has 0 atom stereocenters. The molecule has 0 bridgehead atoms. The summed E-state index contributed by atoms with van der Waals surface area (Å²) in [4.78, 5) is 4.58. The van der Waals surface area contributed by atoms with Gasteiger partial charge in [-0.3, -0.25) is 0 Å². The monoisotopic (exact) mass is 215 g/mol. The summed E-state index contributed by atoms with van der Waals surface area (Å²) in [6.45, 7) is 5.56. The lowest BCUT2D eigenvalue weighted by Gasteiger charge is -2.27. The quantitative estimate of drug-likeness (QED) is 0.848. The maximum absolute atomic E-state index is 4.58. The number of hydrogen-bond acceptors (Lipinski definition) is 2. The summed E-state index contributed by atoms with van der Waals surface area (Å²) in [5, 5.41) is 3.32. The number of hydrogen-bond donors (Lipinski definition) is 1. The number of benzene rings is 1. The number of para-hydroxylation sites is 2. The SMILES string of the molecule is Cc1nc2ccccc2n1CCC1CNC1. The van der Waals surface area contributed by atoms with Crippen LogP contribution in [0.5, 0.6) is 0 Å². The smallest absolute Gasteiger partial charge is 0.106 e. The molecule has 3 heteroatoms. The van der Waals surface area contributed by atoms with Crippen LogP contribution in [0, 0.1) is 12.8 Å². The fourth-order valence-electron chi connectivity index (χ4n) is 2.34. The highest BCUT2D eigenvalue weighted by atomic mass is 15.1. The van der Waals surface area contributed by atoms with Gasteiger partial charge in [-0.25, -0.2) is 4.98 Å². The fraction of sp³-hybridized carbons (Fsp3) is 0.462. The van der Waals surface area contributed by atoms with E-state index in [4.69, 9.17) is 0 Å². The van der Waals surface area contributed by atoms with Crippen LogP contribution in [0.1, 0.15) is 12.2 Å². The Kier molecular flexibility index (Phi) is 2.40. The second-order valence-corrected chi connectivity index (χ2v) is 4.61. The van der Waals surface area contributed by atoms with Crippen LogP contribution in [0.2, 0.25) is 0 Å². The van der Waals surface area contributed by atoms with Gasteiger partial charge in [-0.15, -0.1) is 0 Å². The van der Waals surface area contributed by atoms with Crippen molar-refractivity contribution in [1.29, 1.82) is 0 Å². The number of aryl methyl sites for hydroxylation is 2. The zero-order valence-electron chi connectivity index (χ0n) is 9.61. The Hall–Kier alpha value is -1.35. The zero-order chi connectivity index (χ0) is 11.0. The Labute approximate surface area is 95.5 Å². The molecule has 0 aliphatic carbocycles. The van der Waals surface area contributed by atoms with Crippen molar-refractivity contribution in [3.05, 3.63) is 30.1 Å². The summed E-state index contributed by atoms with van der Waals surface area (Å²) >= 11 is 0. The van der Waals surface area contributed by atoms with Gasteiger partial charge in [-0.1, -0.05) is 12.1 Å². The topological polar surface area (TPSA) is 29.9 Å². The van der Waals surface area contributed by atoms with Crippen LogP contribution in [0.15, 0.2) is 24.3 Å². The highest BCUT2D eigenvalue weighted by Crippen LogP contribution is 2.18. The summed E-state index contributed by atoms with van der Waals surface area (Å²) in [7, 11) is 0. The molecule has 1 saturated heterocycles. The van der Waals surface area contributed by atoms with E-state index in [-0.39, 0.29) is 0 Å². The highest BCUT2D eigenvalue weighted by molar-refractivity contribution is 5.75. The minimum Gasteiger partial charge on any atom is -0.328 e. The van der Waals surface area contributed by atoms with Crippen molar-refractivity contribution in [3.8, 4) is 0 Å². The third kappa shape index (κ3) is 1.61. The Morgan fingerprint density at radius 2 is 2.19 bits per heavy atom. The number of aromatic nitrogens is 2. The molecule has 1 aromatic carbocycles. The Bertz CT molecular complexity index is 497. The molecule has 0 saturated carbocycles. The summed E-state index contributed by atoms with van der Waals surface area (Å²) in [6, 6.07) is 8.39. The molecule has 1 aromatic heterocycles. The van der Waals surface area contributed by atoms with Crippen molar-refractivity contribution in [1.82, 2.24) is 14.9 Å². The molecule has 2 aromatic rings. The van der Waals surface area contributed by atoms with Gasteiger partial charge in [0.15, 0.2) is 0 Å². The van der Waals surface area contributed by atoms with E-state index in [0.29, 0.717) is 0 Å². The lowest BCUT2D eigenvalue weighted by atomic mass is 9.99. The molecule has 0 unspecified atom stereocenters. The van der Waals surface area contributed by atoms with Gasteiger partial charge in [-0.05, 0) is 44.5 Å². The molecule has 2 heterocycles. The van der Waals surface area contributed by atoms with E-state index < -0.39 is 0 Å². The third-order valence-corrected chi connectivity index (χ3v) is 3.47. The van der Waals surface area contributed by atoms with E-state index in [1.165, 1.54) is 25.0 Å². The van der Waals surface area contributed by atoms with Crippen molar-refractivity contribution in [2.45, 2.75) is 19.9 Å².